The van der Waals surface area contributed by atoms with Crippen LogP contribution in [-0.2, 0) is 71.3 Å². The number of rotatable bonds is 26. The lowest BCUT2D eigenvalue weighted by Crippen LogP contribution is -2.29. The van der Waals surface area contributed by atoms with Crippen molar-refractivity contribution in [2.75, 3.05) is 99.6 Å². The molecular formula is C24H38O15. The second-order valence-corrected chi connectivity index (χ2v) is 7.37. The van der Waals surface area contributed by atoms with Crippen LogP contribution in [0.2, 0.25) is 0 Å². The van der Waals surface area contributed by atoms with E-state index in [9.17, 15) is 24.0 Å². The third-order valence-electron chi connectivity index (χ3n) is 3.92. The van der Waals surface area contributed by atoms with Crippen LogP contribution < -0.4 is 0 Å². The van der Waals surface area contributed by atoms with Crippen molar-refractivity contribution in [1.29, 1.82) is 0 Å². The number of hydrogen-bond acceptors (Lipinski definition) is 15. The van der Waals surface area contributed by atoms with Crippen LogP contribution in [0.5, 0.6) is 0 Å². The molecule has 0 aromatic heterocycles. The quantitative estimate of drug-likeness (QED) is 0.0540. The maximum absolute atomic E-state index is 11.7. The Morgan fingerprint density at radius 1 is 0.615 bits per heavy atom. The van der Waals surface area contributed by atoms with Crippen molar-refractivity contribution < 1.29 is 71.3 Å². The minimum absolute atomic E-state index is 0.0000612. The number of Topliss-reactive ketones (excluding diaryl/α,β-unsaturated/α-hetero) is 1. The van der Waals surface area contributed by atoms with Crippen LogP contribution in [0.3, 0.4) is 0 Å². The SMILES string of the molecule is C=CC(=O)OC(COC)COC(=O)COCCOCC(=O)OCCOCCOC(=O)COCCOCC(C)=O. The molecule has 1 unspecified atom stereocenters. The molecule has 0 aliphatic heterocycles. The van der Waals surface area contributed by atoms with Gasteiger partial charge in [-0.15, -0.1) is 0 Å². The molecule has 0 saturated heterocycles. The fraction of sp³-hybridized carbons (Fsp3) is 0.708. The van der Waals surface area contributed by atoms with Crippen molar-refractivity contribution in [2.24, 2.45) is 0 Å². The second-order valence-electron chi connectivity index (χ2n) is 7.37. The van der Waals surface area contributed by atoms with Crippen LogP contribution in [0.15, 0.2) is 12.7 Å². The average Bonchev–Trinajstić information content (AvgIpc) is 2.90. The van der Waals surface area contributed by atoms with Crippen LogP contribution in [0, 0.1) is 0 Å². The largest absolute Gasteiger partial charge is 0.462 e. The molecule has 0 spiro atoms. The Morgan fingerprint density at radius 2 is 1.05 bits per heavy atom. The van der Waals surface area contributed by atoms with Crippen molar-refractivity contribution in [3.05, 3.63) is 12.7 Å². The van der Waals surface area contributed by atoms with Crippen LogP contribution in [0.1, 0.15) is 6.92 Å². The predicted octanol–water partition coefficient (Wildman–Crippen LogP) is -0.968. The normalized spacial score (nSPS) is 11.3. The number of methoxy groups -OCH3 is 1. The fourth-order valence-electron chi connectivity index (χ4n) is 2.27. The molecular weight excluding hydrogens is 528 g/mol. The van der Waals surface area contributed by atoms with Gasteiger partial charge in [0.25, 0.3) is 0 Å². The van der Waals surface area contributed by atoms with Crippen LogP contribution in [0.4, 0.5) is 0 Å². The van der Waals surface area contributed by atoms with E-state index in [-0.39, 0.29) is 98.3 Å². The summed E-state index contributed by atoms with van der Waals surface area (Å²) in [5.41, 5.74) is 0. The first-order chi connectivity index (χ1) is 18.8. The number of ketones is 1. The van der Waals surface area contributed by atoms with Crippen molar-refractivity contribution >= 4 is 29.7 Å². The van der Waals surface area contributed by atoms with E-state index in [0.717, 1.165) is 6.08 Å². The molecule has 0 aromatic rings. The molecule has 0 bridgehead atoms. The molecule has 15 nitrogen and oxygen atoms in total. The fourth-order valence-corrected chi connectivity index (χ4v) is 2.27. The molecule has 0 fully saturated rings. The monoisotopic (exact) mass is 566 g/mol. The smallest absolute Gasteiger partial charge is 0.332 e. The van der Waals surface area contributed by atoms with Crippen molar-refractivity contribution in [1.82, 2.24) is 0 Å². The van der Waals surface area contributed by atoms with E-state index >= 15 is 0 Å². The van der Waals surface area contributed by atoms with Gasteiger partial charge in [0.15, 0.2) is 11.9 Å². The van der Waals surface area contributed by atoms with Crippen molar-refractivity contribution in [2.45, 2.75) is 13.0 Å². The standard InChI is InChI=1S/C24H38O15/c1-4-21(26)39-20(14-30-3)15-38-24(29)18-35-8-7-34-17-23(28)37-12-10-31-9-11-36-22(27)16-33-6-5-32-13-19(2)25/h4,20H,1,5-18H2,2-3H3. The molecule has 0 heterocycles. The molecule has 0 radical (unpaired) electrons. The van der Waals surface area contributed by atoms with Crippen LogP contribution in [0.25, 0.3) is 0 Å². The molecule has 224 valence electrons. The summed E-state index contributed by atoms with van der Waals surface area (Å²) in [6.45, 7) is 4.17. The molecule has 15 heteroatoms. The van der Waals surface area contributed by atoms with Gasteiger partial charge in [0.2, 0.25) is 0 Å². The van der Waals surface area contributed by atoms with Gasteiger partial charge in [-0.05, 0) is 6.92 Å². The minimum atomic E-state index is -0.774. The summed E-state index contributed by atoms with van der Waals surface area (Å²) >= 11 is 0. The average molecular weight is 567 g/mol. The third kappa shape index (κ3) is 25.1. The maximum atomic E-state index is 11.7. The summed E-state index contributed by atoms with van der Waals surface area (Å²) in [6.07, 6.45) is 0.211. The summed E-state index contributed by atoms with van der Waals surface area (Å²) < 4.78 is 49.9. The lowest BCUT2D eigenvalue weighted by molar-refractivity contribution is -0.161. The lowest BCUT2D eigenvalue weighted by atomic mass is 10.4. The van der Waals surface area contributed by atoms with Gasteiger partial charge < -0.3 is 47.4 Å². The Hall–Kier alpha value is -2.95. The Bertz CT molecular complexity index is 724. The number of ether oxygens (including phenoxy) is 10. The number of carbonyl (C=O) groups is 5. The summed E-state index contributed by atoms with van der Waals surface area (Å²) in [6, 6.07) is 0. The molecule has 0 aliphatic carbocycles. The van der Waals surface area contributed by atoms with Gasteiger partial charge in [-0.25, -0.2) is 19.2 Å². The lowest BCUT2D eigenvalue weighted by Gasteiger charge is -2.16. The molecule has 39 heavy (non-hydrogen) atoms. The molecule has 0 amide bonds. The third-order valence-corrected chi connectivity index (χ3v) is 3.92. The van der Waals surface area contributed by atoms with Gasteiger partial charge in [0, 0.05) is 13.2 Å². The predicted molar refractivity (Wildman–Crippen MR) is 130 cm³/mol. The zero-order valence-electron chi connectivity index (χ0n) is 22.4. The molecule has 0 saturated carbocycles. The van der Waals surface area contributed by atoms with Crippen LogP contribution in [-0.4, -0.2) is 135 Å². The number of esters is 4. The summed E-state index contributed by atoms with van der Waals surface area (Å²) in [5.74, 6) is -2.64. The topological polar surface area (TPSA) is 178 Å². The summed E-state index contributed by atoms with van der Waals surface area (Å²) in [7, 11) is 1.41. The van der Waals surface area contributed by atoms with E-state index in [0.29, 0.717) is 0 Å². The van der Waals surface area contributed by atoms with Gasteiger partial charge in [-0.3, -0.25) is 4.79 Å². The Balaban J connectivity index is 3.56. The van der Waals surface area contributed by atoms with Gasteiger partial charge in [0.1, 0.15) is 46.2 Å². The number of carbonyl (C=O) groups excluding carboxylic acids is 5. The summed E-state index contributed by atoms with van der Waals surface area (Å²) in [5, 5.41) is 0. The van der Waals surface area contributed by atoms with E-state index in [1.165, 1.54) is 14.0 Å². The Morgan fingerprint density at radius 3 is 1.49 bits per heavy atom. The Labute approximate surface area is 226 Å². The zero-order valence-corrected chi connectivity index (χ0v) is 22.4. The molecule has 1 atom stereocenters. The highest BCUT2D eigenvalue weighted by Gasteiger charge is 2.15. The van der Waals surface area contributed by atoms with E-state index in [1.54, 1.807) is 0 Å². The maximum Gasteiger partial charge on any atom is 0.332 e. The summed E-state index contributed by atoms with van der Waals surface area (Å²) in [4.78, 5) is 56.6. The molecule has 0 N–H and O–H groups in total. The number of hydrogen-bond donors (Lipinski definition) is 0. The highest BCUT2D eigenvalue weighted by Crippen LogP contribution is 1.97. The highest BCUT2D eigenvalue weighted by molar-refractivity contribution is 5.81. The zero-order chi connectivity index (χ0) is 29.1. The van der Waals surface area contributed by atoms with E-state index < -0.39 is 30.0 Å². The minimum Gasteiger partial charge on any atom is -0.462 e. The first-order valence-electron chi connectivity index (χ1n) is 12.0. The van der Waals surface area contributed by atoms with E-state index in [1.807, 2.05) is 0 Å². The Kier molecular flexibility index (Phi) is 23.4. The van der Waals surface area contributed by atoms with Crippen molar-refractivity contribution in [3.63, 3.8) is 0 Å². The molecule has 0 aromatic carbocycles. The van der Waals surface area contributed by atoms with Crippen LogP contribution >= 0.6 is 0 Å². The van der Waals surface area contributed by atoms with Gasteiger partial charge >= 0.3 is 23.9 Å². The molecule has 0 rings (SSSR count). The van der Waals surface area contributed by atoms with E-state index in [2.05, 4.69) is 6.58 Å². The second kappa shape index (κ2) is 25.3. The first-order valence-corrected chi connectivity index (χ1v) is 12.0. The van der Waals surface area contributed by atoms with Gasteiger partial charge in [0.05, 0.1) is 46.2 Å². The van der Waals surface area contributed by atoms with Gasteiger partial charge in [-0.2, -0.15) is 0 Å². The molecule has 0 aliphatic rings. The van der Waals surface area contributed by atoms with Gasteiger partial charge in [-0.1, -0.05) is 6.58 Å². The van der Waals surface area contributed by atoms with Crippen molar-refractivity contribution in [3.8, 4) is 0 Å². The highest BCUT2D eigenvalue weighted by atomic mass is 16.6. The first kappa shape index (κ1) is 36.0. The van der Waals surface area contributed by atoms with E-state index in [4.69, 9.17) is 47.4 Å².